The van der Waals surface area contributed by atoms with Crippen LogP contribution in [0, 0.1) is 0 Å². The molecule has 1 aliphatic rings. The van der Waals surface area contributed by atoms with E-state index in [1.54, 1.807) is 0 Å². The van der Waals surface area contributed by atoms with Gasteiger partial charge in [-0.25, -0.2) is 9.67 Å². The van der Waals surface area contributed by atoms with Crippen LogP contribution in [-0.4, -0.2) is 45.5 Å². The Morgan fingerprint density at radius 1 is 1.47 bits per heavy atom. The minimum absolute atomic E-state index is 0.249. The number of hydrogen-bond donors (Lipinski definition) is 1. The molecule has 6 nitrogen and oxygen atoms in total. The van der Waals surface area contributed by atoms with E-state index in [2.05, 4.69) is 10.1 Å². The first-order valence-electron chi connectivity index (χ1n) is 5.96. The van der Waals surface area contributed by atoms with Gasteiger partial charge in [-0.2, -0.15) is 5.10 Å². The third kappa shape index (κ3) is 3.24. The minimum atomic E-state index is -0.514. The van der Waals surface area contributed by atoms with E-state index >= 15 is 0 Å². The summed E-state index contributed by atoms with van der Waals surface area (Å²) in [5.74, 6) is 0.797. The Bertz CT molecular complexity index is 347. The van der Waals surface area contributed by atoms with Crippen molar-refractivity contribution in [3.05, 3.63) is 12.2 Å². The first-order chi connectivity index (χ1) is 8.16. The van der Waals surface area contributed by atoms with Crippen molar-refractivity contribution in [1.82, 2.24) is 14.8 Å². The summed E-state index contributed by atoms with van der Waals surface area (Å²) in [5, 5.41) is 14.1. The van der Waals surface area contributed by atoms with Gasteiger partial charge in [-0.3, -0.25) is 0 Å². The second-order valence-corrected chi connectivity index (χ2v) is 4.48. The fourth-order valence-electron chi connectivity index (χ4n) is 1.91. The molecule has 1 aromatic heterocycles. The van der Waals surface area contributed by atoms with Crippen LogP contribution in [0.15, 0.2) is 6.33 Å². The number of nitrogens with zero attached hydrogens (tertiary/aromatic N) is 3. The van der Waals surface area contributed by atoms with Gasteiger partial charge in [-0.1, -0.05) is 0 Å². The molecule has 0 aliphatic carbocycles. The predicted molar refractivity (Wildman–Crippen MR) is 60.4 cm³/mol. The number of aliphatic hydroxyl groups is 1. The molecule has 1 fully saturated rings. The third-order valence-corrected chi connectivity index (χ3v) is 2.71. The summed E-state index contributed by atoms with van der Waals surface area (Å²) in [6.07, 6.45) is 1.68. The van der Waals surface area contributed by atoms with E-state index in [-0.39, 0.29) is 12.3 Å². The number of hydrogen-bond acceptors (Lipinski definition) is 5. The van der Waals surface area contributed by atoms with E-state index in [4.69, 9.17) is 9.47 Å². The van der Waals surface area contributed by atoms with Crippen LogP contribution in [0.2, 0.25) is 0 Å². The van der Waals surface area contributed by atoms with E-state index in [1.165, 1.54) is 6.33 Å². The van der Waals surface area contributed by atoms with Crippen molar-refractivity contribution in [2.75, 3.05) is 13.2 Å². The van der Waals surface area contributed by atoms with Crippen LogP contribution in [0.4, 0.5) is 0 Å². The van der Waals surface area contributed by atoms with Crippen LogP contribution in [0.3, 0.4) is 0 Å². The number of aliphatic hydroxyl groups excluding tert-OH is 1. The van der Waals surface area contributed by atoms with E-state index in [0.29, 0.717) is 26.1 Å². The molecule has 96 valence electrons. The number of rotatable bonds is 5. The average molecular weight is 241 g/mol. The quantitative estimate of drug-likeness (QED) is 0.814. The van der Waals surface area contributed by atoms with Gasteiger partial charge >= 0.3 is 0 Å². The van der Waals surface area contributed by atoms with Crippen LogP contribution in [0.1, 0.15) is 32.1 Å². The Balaban J connectivity index is 1.88. The second kappa shape index (κ2) is 5.57. The summed E-state index contributed by atoms with van der Waals surface area (Å²) in [7, 11) is 0. The third-order valence-electron chi connectivity index (χ3n) is 2.71. The Morgan fingerprint density at radius 3 is 2.82 bits per heavy atom. The van der Waals surface area contributed by atoms with Crippen molar-refractivity contribution in [2.24, 2.45) is 0 Å². The lowest BCUT2D eigenvalue weighted by Gasteiger charge is -2.15. The van der Waals surface area contributed by atoms with Crippen LogP contribution in [-0.2, 0) is 15.9 Å². The first-order valence-corrected chi connectivity index (χ1v) is 5.96. The molecule has 1 aliphatic heterocycles. The first kappa shape index (κ1) is 12.5. The predicted octanol–water partition coefficient (Wildman–Crippen LogP) is 0.525. The molecular weight excluding hydrogens is 222 g/mol. The fourth-order valence-corrected chi connectivity index (χ4v) is 1.91. The SMILES string of the molecule is CC(C)n1ncnc1CC(O)CC1OCCO1. The zero-order valence-electron chi connectivity index (χ0n) is 10.2. The van der Waals surface area contributed by atoms with Crippen LogP contribution in [0.25, 0.3) is 0 Å². The van der Waals surface area contributed by atoms with Crippen molar-refractivity contribution >= 4 is 0 Å². The van der Waals surface area contributed by atoms with Gasteiger partial charge in [0.15, 0.2) is 6.29 Å². The molecule has 1 unspecified atom stereocenters. The standard InChI is InChI=1S/C11H19N3O3/c1-8(2)14-10(12-7-13-14)5-9(15)6-11-16-3-4-17-11/h7-9,11,15H,3-6H2,1-2H3. The summed E-state index contributed by atoms with van der Waals surface area (Å²) in [5.41, 5.74) is 0. The van der Waals surface area contributed by atoms with Crippen LogP contribution < -0.4 is 0 Å². The maximum Gasteiger partial charge on any atom is 0.160 e. The summed E-state index contributed by atoms with van der Waals surface area (Å²) in [6, 6.07) is 0.249. The van der Waals surface area contributed by atoms with Crippen molar-refractivity contribution < 1.29 is 14.6 Å². The highest BCUT2D eigenvalue weighted by molar-refractivity contribution is 4.89. The molecular formula is C11H19N3O3. The van der Waals surface area contributed by atoms with E-state index in [9.17, 15) is 5.11 Å². The molecule has 1 N–H and O–H groups in total. The number of ether oxygens (including phenoxy) is 2. The summed E-state index contributed by atoms with van der Waals surface area (Å²) >= 11 is 0. The van der Waals surface area contributed by atoms with Crippen molar-refractivity contribution in [3.8, 4) is 0 Å². The fraction of sp³-hybridized carbons (Fsp3) is 0.818. The van der Waals surface area contributed by atoms with Crippen LogP contribution in [0.5, 0.6) is 0 Å². The Labute approximate surface area is 101 Å². The van der Waals surface area contributed by atoms with Gasteiger partial charge in [0.25, 0.3) is 0 Å². The highest BCUT2D eigenvalue weighted by Gasteiger charge is 2.21. The maximum atomic E-state index is 9.95. The molecule has 1 saturated heterocycles. The van der Waals surface area contributed by atoms with Crippen LogP contribution >= 0.6 is 0 Å². The lowest BCUT2D eigenvalue weighted by molar-refractivity contribution is -0.0701. The Morgan fingerprint density at radius 2 is 2.18 bits per heavy atom. The molecule has 17 heavy (non-hydrogen) atoms. The highest BCUT2D eigenvalue weighted by Crippen LogP contribution is 2.14. The molecule has 0 radical (unpaired) electrons. The average Bonchev–Trinajstić information content (AvgIpc) is 2.88. The molecule has 2 rings (SSSR count). The zero-order chi connectivity index (χ0) is 12.3. The summed E-state index contributed by atoms with van der Waals surface area (Å²) < 4.78 is 12.4. The summed E-state index contributed by atoms with van der Waals surface area (Å²) in [6.45, 7) is 5.29. The van der Waals surface area contributed by atoms with Gasteiger partial charge in [0.1, 0.15) is 12.2 Å². The van der Waals surface area contributed by atoms with Gasteiger partial charge in [-0.15, -0.1) is 0 Å². The molecule has 0 spiro atoms. The molecule has 6 heteroatoms. The number of aromatic nitrogens is 3. The van der Waals surface area contributed by atoms with Gasteiger partial charge in [0.05, 0.1) is 19.3 Å². The highest BCUT2D eigenvalue weighted by atomic mass is 16.7. The molecule has 0 bridgehead atoms. The second-order valence-electron chi connectivity index (χ2n) is 4.48. The molecule has 0 saturated carbocycles. The van der Waals surface area contributed by atoms with Crippen molar-refractivity contribution in [3.63, 3.8) is 0 Å². The lowest BCUT2D eigenvalue weighted by Crippen LogP contribution is -2.22. The molecule has 0 aromatic carbocycles. The Hall–Kier alpha value is -0.980. The smallest absolute Gasteiger partial charge is 0.160 e. The normalized spacial score (nSPS) is 19.1. The monoisotopic (exact) mass is 241 g/mol. The zero-order valence-corrected chi connectivity index (χ0v) is 10.2. The van der Waals surface area contributed by atoms with Gasteiger partial charge in [-0.05, 0) is 13.8 Å². The van der Waals surface area contributed by atoms with E-state index < -0.39 is 6.10 Å². The van der Waals surface area contributed by atoms with Gasteiger partial charge in [0, 0.05) is 18.9 Å². The maximum absolute atomic E-state index is 9.95. The molecule has 1 aromatic rings. The van der Waals surface area contributed by atoms with Gasteiger partial charge < -0.3 is 14.6 Å². The van der Waals surface area contributed by atoms with Gasteiger partial charge in [0.2, 0.25) is 0 Å². The van der Waals surface area contributed by atoms with Crippen molar-refractivity contribution in [2.45, 2.75) is 45.1 Å². The largest absolute Gasteiger partial charge is 0.392 e. The van der Waals surface area contributed by atoms with E-state index in [1.807, 2.05) is 18.5 Å². The Kier molecular flexibility index (Phi) is 4.09. The lowest BCUT2D eigenvalue weighted by atomic mass is 10.1. The molecule has 1 atom stereocenters. The minimum Gasteiger partial charge on any atom is -0.392 e. The topological polar surface area (TPSA) is 69.4 Å². The molecule has 2 heterocycles. The summed E-state index contributed by atoms with van der Waals surface area (Å²) in [4.78, 5) is 4.16. The molecule has 0 amide bonds. The van der Waals surface area contributed by atoms with Crippen molar-refractivity contribution in [1.29, 1.82) is 0 Å². The van der Waals surface area contributed by atoms with E-state index in [0.717, 1.165) is 5.82 Å².